The number of likely N-dealkylation sites (N-methyl/N-ethyl adjacent to an activating group) is 1. The third-order valence-electron chi connectivity index (χ3n) is 4.73. The van der Waals surface area contributed by atoms with E-state index in [4.69, 9.17) is 9.47 Å². The summed E-state index contributed by atoms with van der Waals surface area (Å²) in [6.45, 7) is 8.20. The Morgan fingerprint density at radius 1 is 1.31 bits per heavy atom. The van der Waals surface area contributed by atoms with E-state index in [1.54, 1.807) is 27.3 Å². The molecule has 0 aliphatic carbocycles. The molecule has 1 aliphatic heterocycles. The van der Waals surface area contributed by atoms with Crippen LogP contribution in [0.1, 0.15) is 11.6 Å². The van der Waals surface area contributed by atoms with Crippen molar-refractivity contribution in [3.05, 3.63) is 42.5 Å². The summed E-state index contributed by atoms with van der Waals surface area (Å²) in [5, 5.41) is 6.56. The Balaban J connectivity index is 2.12. The molecule has 0 saturated carbocycles. The van der Waals surface area contributed by atoms with Crippen molar-refractivity contribution in [1.82, 2.24) is 20.4 Å². The maximum atomic E-state index is 11.9. The van der Waals surface area contributed by atoms with E-state index < -0.39 is 0 Å². The van der Waals surface area contributed by atoms with Crippen LogP contribution in [0, 0.1) is 0 Å². The number of hydrogen-bond donors (Lipinski definition) is 2. The first-order chi connectivity index (χ1) is 14.0. The molecule has 0 spiro atoms. The number of aliphatic imine (C=N–C) groups is 1. The van der Waals surface area contributed by atoms with Crippen molar-refractivity contribution in [3.8, 4) is 5.75 Å². The zero-order chi connectivity index (χ0) is 21.1. The molecule has 1 aromatic rings. The monoisotopic (exact) mass is 403 g/mol. The highest BCUT2D eigenvalue weighted by Gasteiger charge is 2.23. The van der Waals surface area contributed by atoms with Crippen LogP contribution >= 0.6 is 0 Å². The normalized spacial score (nSPS) is 16.0. The fraction of sp³-hybridized carbons (Fsp3) is 0.524. The largest absolute Gasteiger partial charge is 0.497 e. The summed E-state index contributed by atoms with van der Waals surface area (Å²) in [5.41, 5.74) is 1.19. The van der Waals surface area contributed by atoms with Gasteiger partial charge in [-0.25, -0.2) is 4.99 Å². The SMILES string of the molecule is C=CCNC(=NCC(=O)N(C)C)NCC(c1ccc(OC)cc1)N1CCOCC1. The Hall–Kier alpha value is -2.58. The minimum absolute atomic E-state index is 0.0513. The summed E-state index contributed by atoms with van der Waals surface area (Å²) in [6, 6.07) is 8.27. The van der Waals surface area contributed by atoms with Gasteiger partial charge in [-0.05, 0) is 17.7 Å². The molecule has 0 radical (unpaired) electrons. The molecule has 8 heteroatoms. The van der Waals surface area contributed by atoms with E-state index in [2.05, 4.69) is 39.2 Å². The predicted molar refractivity (Wildman–Crippen MR) is 115 cm³/mol. The van der Waals surface area contributed by atoms with E-state index in [0.29, 0.717) is 19.0 Å². The van der Waals surface area contributed by atoms with Gasteiger partial charge in [-0.1, -0.05) is 18.2 Å². The van der Waals surface area contributed by atoms with Crippen LogP contribution in [-0.2, 0) is 9.53 Å². The molecule has 1 amide bonds. The number of ether oxygens (including phenoxy) is 2. The van der Waals surface area contributed by atoms with Crippen LogP contribution in [0.5, 0.6) is 5.75 Å². The zero-order valence-electron chi connectivity index (χ0n) is 17.7. The van der Waals surface area contributed by atoms with E-state index in [1.807, 2.05) is 12.1 Å². The number of rotatable bonds is 9. The summed E-state index contributed by atoms with van der Waals surface area (Å²) < 4.78 is 10.8. The number of methoxy groups -OCH3 is 1. The summed E-state index contributed by atoms with van der Waals surface area (Å²) in [5.74, 6) is 1.37. The Morgan fingerprint density at radius 3 is 2.59 bits per heavy atom. The topological polar surface area (TPSA) is 78.4 Å². The van der Waals surface area contributed by atoms with Gasteiger partial charge in [0.1, 0.15) is 12.3 Å². The second-order valence-electron chi connectivity index (χ2n) is 6.94. The van der Waals surface area contributed by atoms with Crippen LogP contribution < -0.4 is 15.4 Å². The summed E-state index contributed by atoms with van der Waals surface area (Å²) in [6.07, 6.45) is 1.76. The number of benzene rings is 1. The Labute approximate surface area is 173 Å². The number of guanidine groups is 1. The van der Waals surface area contributed by atoms with Crippen molar-refractivity contribution >= 4 is 11.9 Å². The molecule has 1 atom stereocenters. The molecular weight excluding hydrogens is 370 g/mol. The van der Waals surface area contributed by atoms with E-state index in [9.17, 15) is 4.79 Å². The maximum Gasteiger partial charge on any atom is 0.243 e. The molecule has 1 fully saturated rings. The Morgan fingerprint density at radius 2 is 2.00 bits per heavy atom. The number of nitrogens with zero attached hydrogens (tertiary/aromatic N) is 3. The van der Waals surface area contributed by atoms with Gasteiger partial charge in [0.2, 0.25) is 5.91 Å². The number of nitrogens with one attached hydrogen (secondary N) is 2. The van der Waals surface area contributed by atoms with Crippen molar-refractivity contribution in [2.45, 2.75) is 6.04 Å². The highest BCUT2D eigenvalue weighted by Crippen LogP contribution is 2.23. The summed E-state index contributed by atoms with van der Waals surface area (Å²) in [4.78, 5) is 20.2. The molecule has 1 unspecified atom stereocenters. The molecule has 1 aliphatic rings. The second kappa shape index (κ2) is 12.1. The molecule has 2 rings (SSSR count). The Kier molecular flexibility index (Phi) is 9.46. The van der Waals surface area contributed by atoms with Crippen LogP contribution in [0.4, 0.5) is 0 Å². The van der Waals surface area contributed by atoms with Gasteiger partial charge >= 0.3 is 0 Å². The third kappa shape index (κ3) is 7.40. The lowest BCUT2D eigenvalue weighted by Gasteiger charge is -2.35. The fourth-order valence-corrected chi connectivity index (χ4v) is 3.00. The first-order valence-electron chi connectivity index (χ1n) is 9.84. The number of amides is 1. The van der Waals surface area contributed by atoms with Crippen LogP contribution in [0.25, 0.3) is 0 Å². The highest BCUT2D eigenvalue weighted by molar-refractivity contribution is 5.84. The molecule has 1 heterocycles. The van der Waals surface area contributed by atoms with E-state index in [1.165, 1.54) is 10.5 Å². The number of hydrogen-bond acceptors (Lipinski definition) is 5. The first-order valence-corrected chi connectivity index (χ1v) is 9.84. The van der Waals surface area contributed by atoms with Crippen LogP contribution in [-0.4, -0.2) is 88.8 Å². The summed E-state index contributed by atoms with van der Waals surface area (Å²) in [7, 11) is 5.11. The van der Waals surface area contributed by atoms with Gasteiger partial charge in [0, 0.05) is 40.3 Å². The van der Waals surface area contributed by atoms with Crippen molar-refractivity contribution < 1.29 is 14.3 Å². The standard InChI is InChI=1S/C21H33N5O3/c1-5-10-22-21(24-16-20(27)25(2)3)23-15-19(26-11-13-29-14-12-26)17-6-8-18(28-4)9-7-17/h5-9,19H,1,10-16H2,2-4H3,(H2,22,23,24). The average molecular weight is 404 g/mol. The summed E-state index contributed by atoms with van der Waals surface area (Å²) >= 11 is 0. The molecular formula is C21H33N5O3. The molecule has 1 aromatic carbocycles. The lowest BCUT2D eigenvalue weighted by atomic mass is 10.0. The number of carbonyl (C=O) groups is 1. The fourth-order valence-electron chi connectivity index (χ4n) is 3.00. The van der Waals surface area contributed by atoms with Crippen LogP contribution in [0.15, 0.2) is 41.9 Å². The predicted octanol–water partition coefficient (Wildman–Crippen LogP) is 0.878. The average Bonchev–Trinajstić information content (AvgIpc) is 2.76. The first kappa shape index (κ1) is 22.7. The third-order valence-corrected chi connectivity index (χ3v) is 4.73. The van der Waals surface area contributed by atoms with Gasteiger partial charge in [0.15, 0.2) is 5.96 Å². The quantitative estimate of drug-likeness (QED) is 0.362. The van der Waals surface area contributed by atoms with Gasteiger partial charge in [0.25, 0.3) is 0 Å². The van der Waals surface area contributed by atoms with E-state index in [-0.39, 0.29) is 18.5 Å². The maximum absolute atomic E-state index is 11.9. The van der Waals surface area contributed by atoms with E-state index in [0.717, 1.165) is 32.1 Å². The lowest BCUT2D eigenvalue weighted by molar-refractivity contribution is -0.127. The number of morpholine rings is 1. The van der Waals surface area contributed by atoms with Gasteiger partial charge < -0.3 is 25.0 Å². The minimum atomic E-state index is -0.0513. The van der Waals surface area contributed by atoms with Gasteiger partial charge in [-0.2, -0.15) is 0 Å². The molecule has 2 N–H and O–H groups in total. The molecule has 0 aromatic heterocycles. The highest BCUT2D eigenvalue weighted by atomic mass is 16.5. The lowest BCUT2D eigenvalue weighted by Crippen LogP contribution is -2.46. The molecule has 29 heavy (non-hydrogen) atoms. The van der Waals surface area contributed by atoms with Crippen molar-refractivity contribution in [3.63, 3.8) is 0 Å². The van der Waals surface area contributed by atoms with Gasteiger partial charge in [-0.3, -0.25) is 9.69 Å². The Bertz CT molecular complexity index is 669. The smallest absolute Gasteiger partial charge is 0.243 e. The molecule has 160 valence electrons. The van der Waals surface area contributed by atoms with E-state index >= 15 is 0 Å². The van der Waals surface area contributed by atoms with Gasteiger partial charge in [0.05, 0.1) is 26.4 Å². The molecule has 8 nitrogen and oxygen atoms in total. The molecule has 0 bridgehead atoms. The van der Waals surface area contributed by atoms with Crippen LogP contribution in [0.2, 0.25) is 0 Å². The minimum Gasteiger partial charge on any atom is -0.497 e. The molecule has 1 saturated heterocycles. The van der Waals surface area contributed by atoms with Crippen molar-refractivity contribution in [2.75, 3.05) is 67.1 Å². The van der Waals surface area contributed by atoms with Crippen molar-refractivity contribution in [1.29, 1.82) is 0 Å². The zero-order valence-corrected chi connectivity index (χ0v) is 17.7. The number of carbonyl (C=O) groups excluding carboxylic acids is 1. The van der Waals surface area contributed by atoms with Crippen LogP contribution in [0.3, 0.4) is 0 Å². The van der Waals surface area contributed by atoms with Crippen molar-refractivity contribution in [2.24, 2.45) is 4.99 Å². The second-order valence-corrected chi connectivity index (χ2v) is 6.94. The van der Waals surface area contributed by atoms with Gasteiger partial charge in [-0.15, -0.1) is 6.58 Å².